The number of methoxy groups -OCH3 is 1. The first-order valence-electron chi connectivity index (χ1n) is 2.62. The Hall–Kier alpha value is -0.0900. The van der Waals surface area contributed by atoms with Gasteiger partial charge in [-0.2, -0.15) is 0 Å². The average molecular weight is 194 g/mol. The average Bonchev–Trinajstić information content (AvgIpc) is 2.41. The minimum atomic E-state index is -0.727. The van der Waals surface area contributed by atoms with Gasteiger partial charge >= 0.3 is 5.97 Å². The van der Waals surface area contributed by atoms with Crippen LogP contribution in [0.15, 0.2) is 0 Å². The zero-order valence-corrected chi connectivity index (χ0v) is 6.64. The fourth-order valence-corrected chi connectivity index (χ4v) is 1.36. The third-order valence-corrected chi connectivity index (χ3v) is 2.62. The van der Waals surface area contributed by atoms with Gasteiger partial charge in [0.25, 0.3) is 0 Å². The fourth-order valence-electron chi connectivity index (χ4n) is 0.639. The maximum Gasteiger partial charge on any atom is 0.327 e. The van der Waals surface area contributed by atoms with E-state index in [2.05, 4.69) is 20.7 Å². The molecule has 0 amide bonds. The third kappa shape index (κ3) is 0.966. The Morgan fingerprint density at radius 2 is 2.44 bits per heavy atom. The second-order valence-electron chi connectivity index (χ2n) is 2.20. The lowest BCUT2D eigenvalue weighted by Crippen LogP contribution is -2.36. The molecule has 0 aromatic heterocycles. The van der Waals surface area contributed by atoms with Crippen molar-refractivity contribution in [3.8, 4) is 0 Å². The minimum absolute atomic E-state index is 0.109. The summed E-state index contributed by atoms with van der Waals surface area (Å²) in [5, 5.41) is 0. The minimum Gasteiger partial charge on any atom is -0.468 e. The van der Waals surface area contributed by atoms with Gasteiger partial charge in [-0.15, -0.1) is 0 Å². The van der Waals surface area contributed by atoms with Gasteiger partial charge in [-0.3, -0.25) is 4.79 Å². The van der Waals surface area contributed by atoms with Crippen LogP contribution < -0.4 is 5.73 Å². The quantitative estimate of drug-likeness (QED) is 0.473. The van der Waals surface area contributed by atoms with Crippen LogP contribution in [0, 0.1) is 0 Å². The summed E-state index contributed by atoms with van der Waals surface area (Å²) < 4.78 is 4.45. The molecule has 4 heteroatoms. The van der Waals surface area contributed by atoms with Crippen molar-refractivity contribution in [1.82, 2.24) is 0 Å². The van der Waals surface area contributed by atoms with E-state index in [1.54, 1.807) is 0 Å². The highest BCUT2D eigenvalue weighted by atomic mass is 79.9. The number of alkyl halides is 1. The first kappa shape index (κ1) is 7.02. The van der Waals surface area contributed by atoms with Crippen LogP contribution in [0.25, 0.3) is 0 Å². The monoisotopic (exact) mass is 193 g/mol. The number of carbonyl (C=O) groups is 1. The largest absolute Gasteiger partial charge is 0.468 e. The second-order valence-corrected chi connectivity index (χ2v) is 3.31. The summed E-state index contributed by atoms with van der Waals surface area (Å²) in [6, 6.07) is 0. The molecule has 0 unspecified atom stereocenters. The fraction of sp³-hybridized carbons (Fsp3) is 0.800. The van der Waals surface area contributed by atoms with Crippen LogP contribution in [-0.2, 0) is 9.53 Å². The molecule has 1 aliphatic carbocycles. The topological polar surface area (TPSA) is 52.3 Å². The van der Waals surface area contributed by atoms with E-state index in [9.17, 15) is 4.79 Å². The smallest absolute Gasteiger partial charge is 0.327 e. The molecule has 1 rings (SSSR count). The number of carbonyl (C=O) groups excluding carboxylic acids is 1. The number of hydrogen-bond acceptors (Lipinski definition) is 3. The van der Waals surface area contributed by atoms with Crippen molar-refractivity contribution < 1.29 is 9.53 Å². The summed E-state index contributed by atoms with van der Waals surface area (Å²) in [6.45, 7) is 0. The lowest BCUT2D eigenvalue weighted by Gasteiger charge is -2.04. The molecule has 0 saturated heterocycles. The Labute approximate surface area is 61.7 Å². The van der Waals surface area contributed by atoms with Crippen molar-refractivity contribution in [3.05, 3.63) is 0 Å². The molecule has 0 aliphatic heterocycles. The third-order valence-electron chi connectivity index (χ3n) is 1.48. The molecule has 52 valence electrons. The van der Waals surface area contributed by atoms with E-state index in [1.807, 2.05) is 0 Å². The summed E-state index contributed by atoms with van der Waals surface area (Å²) in [5.74, 6) is -0.329. The first-order chi connectivity index (χ1) is 4.11. The van der Waals surface area contributed by atoms with E-state index in [1.165, 1.54) is 7.11 Å². The Balaban J connectivity index is 2.53. The first-order valence-corrected chi connectivity index (χ1v) is 3.54. The van der Waals surface area contributed by atoms with Crippen LogP contribution in [0.4, 0.5) is 0 Å². The maximum atomic E-state index is 10.7. The van der Waals surface area contributed by atoms with E-state index in [0.717, 1.165) is 0 Å². The highest BCUT2D eigenvalue weighted by Crippen LogP contribution is 2.40. The van der Waals surface area contributed by atoms with Gasteiger partial charge in [0.1, 0.15) is 5.54 Å². The SMILES string of the molecule is COC(=O)[C@]1(N)C[C@H]1Br. The van der Waals surface area contributed by atoms with E-state index in [4.69, 9.17) is 5.73 Å². The number of hydrogen-bond donors (Lipinski definition) is 1. The lowest BCUT2D eigenvalue weighted by atomic mass is 10.3. The van der Waals surface area contributed by atoms with Crippen molar-refractivity contribution in [2.24, 2.45) is 5.73 Å². The van der Waals surface area contributed by atoms with E-state index in [0.29, 0.717) is 6.42 Å². The Bertz CT molecular complexity index is 150. The molecule has 0 aromatic rings. The van der Waals surface area contributed by atoms with E-state index >= 15 is 0 Å². The van der Waals surface area contributed by atoms with Crippen LogP contribution in [0.5, 0.6) is 0 Å². The van der Waals surface area contributed by atoms with Gasteiger partial charge in [-0.25, -0.2) is 0 Å². The summed E-state index contributed by atoms with van der Waals surface area (Å²) in [7, 11) is 1.34. The normalized spacial score (nSPS) is 40.1. The highest BCUT2D eigenvalue weighted by molar-refractivity contribution is 9.09. The molecule has 2 N–H and O–H groups in total. The maximum absolute atomic E-state index is 10.7. The van der Waals surface area contributed by atoms with Crippen molar-refractivity contribution in [1.29, 1.82) is 0 Å². The molecule has 9 heavy (non-hydrogen) atoms. The van der Waals surface area contributed by atoms with Gasteiger partial charge in [0.2, 0.25) is 0 Å². The van der Waals surface area contributed by atoms with E-state index < -0.39 is 5.54 Å². The second kappa shape index (κ2) is 1.95. The molecule has 0 bridgehead atoms. The molecular formula is C5H8BrNO2. The van der Waals surface area contributed by atoms with Gasteiger partial charge in [0, 0.05) is 4.83 Å². The van der Waals surface area contributed by atoms with Crippen LogP contribution in [0.3, 0.4) is 0 Å². The van der Waals surface area contributed by atoms with Crippen molar-refractivity contribution in [2.75, 3.05) is 7.11 Å². The number of nitrogens with two attached hydrogens (primary N) is 1. The lowest BCUT2D eigenvalue weighted by molar-refractivity contribution is -0.143. The van der Waals surface area contributed by atoms with Crippen LogP contribution in [-0.4, -0.2) is 23.4 Å². The number of ether oxygens (including phenoxy) is 1. The van der Waals surface area contributed by atoms with Crippen molar-refractivity contribution >= 4 is 21.9 Å². The van der Waals surface area contributed by atoms with E-state index in [-0.39, 0.29) is 10.8 Å². The van der Waals surface area contributed by atoms with Gasteiger partial charge in [-0.05, 0) is 6.42 Å². The summed E-state index contributed by atoms with van der Waals surface area (Å²) in [6.07, 6.45) is 0.680. The van der Waals surface area contributed by atoms with Crippen molar-refractivity contribution in [2.45, 2.75) is 16.8 Å². The van der Waals surface area contributed by atoms with Gasteiger partial charge < -0.3 is 10.5 Å². The zero-order chi connectivity index (χ0) is 7.07. The molecule has 0 heterocycles. The standard InChI is InChI=1S/C5H8BrNO2/c1-9-4(8)5(7)2-3(5)6/h3H,2,7H2,1H3/t3-,5+/m1/s1. The molecule has 2 atom stereocenters. The molecule has 0 radical (unpaired) electrons. The Morgan fingerprint density at radius 1 is 2.00 bits per heavy atom. The molecule has 1 aliphatic rings. The van der Waals surface area contributed by atoms with Gasteiger partial charge in [0.05, 0.1) is 7.11 Å². The molecule has 0 spiro atoms. The molecule has 1 fully saturated rings. The van der Waals surface area contributed by atoms with Crippen molar-refractivity contribution in [3.63, 3.8) is 0 Å². The highest BCUT2D eigenvalue weighted by Gasteiger charge is 2.57. The summed E-state index contributed by atoms with van der Waals surface area (Å²) >= 11 is 3.22. The van der Waals surface area contributed by atoms with Crippen LogP contribution in [0.1, 0.15) is 6.42 Å². The van der Waals surface area contributed by atoms with Gasteiger partial charge in [-0.1, -0.05) is 15.9 Å². The Morgan fingerprint density at radius 3 is 2.56 bits per heavy atom. The predicted octanol–water partition coefficient (Wildman–Crippen LogP) is 0.0241. The summed E-state index contributed by atoms with van der Waals surface area (Å²) in [5.41, 5.74) is 4.80. The zero-order valence-electron chi connectivity index (χ0n) is 5.06. The molecule has 1 saturated carbocycles. The summed E-state index contributed by atoms with van der Waals surface area (Å²) in [4.78, 5) is 10.8. The molecule has 3 nitrogen and oxygen atoms in total. The van der Waals surface area contributed by atoms with Crippen LogP contribution in [0.2, 0.25) is 0 Å². The number of rotatable bonds is 1. The number of halogens is 1. The van der Waals surface area contributed by atoms with Gasteiger partial charge in [0.15, 0.2) is 0 Å². The van der Waals surface area contributed by atoms with Crippen LogP contribution >= 0.6 is 15.9 Å². The molecular weight excluding hydrogens is 186 g/mol. The Kier molecular flexibility index (Phi) is 1.52. The molecule has 0 aromatic carbocycles. The predicted molar refractivity (Wildman–Crippen MR) is 36.3 cm³/mol. The number of esters is 1.